The number of unbranched alkanes of at least 4 members (excludes halogenated alkanes) is 1. The number of nitrogens with one attached hydrogen (secondary N) is 1. The van der Waals surface area contributed by atoms with E-state index >= 15 is 0 Å². The van der Waals surface area contributed by atoms with Gasteiger partial charge in [-0.15, -0.1) is 0 Å². The number of pyridine rings is 1. The first-order valence-corrected chi connectivity index (χ1v) is 16.0. The van der Waals surface area contributed by atoms with Crippen molar-refractivity contribution in [2.45, 2.75) is 72.1 Å². The van der Waals surface area contributed by atoms with Crippen molar-refractivity contribution in [2.75, 3.05) is 11.1 Å². The number of nitrogens with zero attached hydrogens (tertiary/aromatic N) is 1. The number of hydrogen-bond donors (Lipinski definition) is 1. The van der Waals surface area contributed by atoms with Crippen molar-refractivity contribution < 1.29 is 13.2 Å². The summed E-state index contributed by atoms with van der Waals surface area (Å²) < 4.78 is 26.7. The standard InChI is InChI=1S/C35H44N2O3S/c1-8-10-19-32(28-16-12-18-31(22-28)41(39,40)20-13-14-25(3)35(5,6)7)33-23-29(24-36-26(33)4)27-15-11-17-30(21-27)37-34(38)9-2/h9,11-12,15-19,21-25H,2,8,10,13-14,20H2,1,3-7H3,(H,37,38)/b32-19-. The number of carbonyl (C=O) groups excluding carboxylic acids is 1. The Morgan fingerprint density at radius 1 is 1.07 bits per heavy atom. The van der Waals surface area contributed by atoms with E-state index in [0.717, 1.165) is 52.8 Å². The summed E-state index contributed by atoms with van der Waals surface area (Å²) in [6, 6.07) is 17.0. The highest BCUT2D eigenvalue weighted by Crippen LogP contribution is 2.33. The number of benzene rings is 2. The van der Waals surface area contributed by atoms with E-state index in [9.17, 15) is 13.2 Å². The molecule has 5 nitrogen and oxygen atoms in total. The second-order valence-electron chi connectivity index (χ2n) is 11.8. The summed E-state index contributed by atoms with van der Waals surface area (Å²) in [6.45, 7) is 16.4. The molecule has 0 aliphatic rings. The van der Waals surface area contributed by atoms with Crippen molar-refractivity contribution in [3.63, 3.8) is 0 Å². The second kappa shape index (κ2) is 13.9. The summed E-state index contributed by atoms with van der Waals surface area (Å²) in [5.74, 6) is 0.308. The number of amides is 1. The van der Waals surface area contributed by atoms with E-state index in [2.05, 4.69) is 58.7 Å². The molecule has 1 heterocycles. The zero-order chi connectivity index (χ0) is 30.2. The predicted molar refractivity (Wildman–Crippen MR) is 172 cm³/mol. The van der Waals surface area contributed by atoms with Crippen LogP contribution in [0.15, 0.2) is 84.4 Å². The lowest BCUT2D eigenvalue weighted by Crippen LogP contribution is -2.18. The number of carbonyl (C=O) groups is 1. The van der Waals surface area contributed by atoms with Gasteiger partial charge in [0.25, 0.3) is 0 Å². The van der Waals surface area contributed by atoms with Gasteiger partial charge in [0.15, 0.2) is 9.84 Å². The van der Waals surface area contributed by atoms with Crippen molar-refractivity contribution >= 4 is 27.0 Å². The molecule has 1 unspecified atom stereocenters. The second-order valence-corrected chi connectivity index (χ2v) is 13.9. The summed E-state index contributed by atoms with van der Waals surface area (Å²) in [5.41, 5.74) is 6.28. The van der Waals surface area contributed by atoms with Gasteiger partial charge in [0.05, 0.1) is 10.6 Å². The molecule has 1 amide bonds. The number of sulfone groups is 1. The van der Waals surface area contributed by atoms with Gasteiger partial charge in [0.1, 0.15) is 0 Å². The largest absolute Gasteiger partial charge is 0.323 e. The highest BCUT2D eigenvalue weighted by Gasteiger charge is 2.22. The van der Waals surface area contributed by atoms with E-state index in [4.69, 9.17) is 4.98 Å². The van der Waals surface area contributed by atoms with Crippen LogP contribution in [0.5, 0.6) is 0 Å². The van der Waals surface area contributed by atoms with E-state index in [1.165, 1.54) is 6.08 Å². The molecular weight excluding hydrogens is 528 g/mol. The minimum Gasteiger partial charge on any atom is -0.323 e. The van der Waals surface area contributed by atoms with Crippen LogP contribution in [0.25, 0.3) is 16.7 Å². The van der Waals surface area contributed by atoms with Crippen molar-refractivity contribution in [3.05, 3.63) is 96.3 Å². The number of hydrogen-bond acceptors (Lipinski definition) is 4. The summed E-state index contributed by atoms with van der Waals surface area (Å²) in [7, 11) is -3.42. The monoisotopic (exact) mass is 572 g/mol. The summed E-state index contributed by atoms with van der Waals surface area (Å²) >= 11 is 0. The molecule has 0 bridgehead atoms. The topological polar surface area (TPSA) is 76.1 Å². The third-order valence-electron chi connectivity index (χ3n) is 7.70. The van der Waals surface area contributed by atoms with Crippen LogP contribution in [0, 0.1) is 18.3 Å². The van der Waals surface area contributed by atoms with Crippen LogP contribution in [0.2, 0.25) is 0 Å². The summed E-state index contributed by atoms with van der Waals surface area (Å²) in [6.07, 6.45) is 8.56. The van der Waals surface area contributed by atoms with Crippen LogP contribution in [-0.4, -0.2) is 25.1 Å². The molecular formula is C35H44N2O3S. The van der Waals surface area contributed by atoms with E-state index in [1.807, 2.05) is 55.6 Å². The lowest BCUT2D eigenvalue weighted by atomic mass is 9.80. The molecule has 0 aliphatic carbocycles. The molecule has 0 saturated heterocycles. The van der Waals surface area contributed by atoms with Gasteiger partial charge in [-0.3, -0.25) is 9.78 Å². The average molecular weight is 573 g/mol. The molecule has 1 atom stereocenters. The van der Waals surface area contributed by atoms with Gasteiger partial charge in [-0.05, 0) is 90.6 Å². The minimum atomic E-state index is -3.42. The van der Waals surface area contributed by atoms with Crippen molar-refractivity contribution in [3.8, 4) is 11.1 Å². The molecule has 2 aromatic carbocycles. The fourth-order valence-corrected chi connectivity index (χ4v) is 5.97. The molecule has 0 radical (unpaired) electrons. The number of allylic oxidation sites excluding steroid dienone is 1. The van der Waals surface area contributed by atoms with Crippen LogP contribution >= 0.6 is 0 Å². The quantitative estimate of drug-likeness (QED) is 0.220. The van der Waals surface area contributed by atoms with Crippen molar-refractivity contribution in [1.82, 2.24) is 4.98 Å². The molecule has 0 saturated carbocycles. The molecule has 6 heteroatoms. The van der Waals surface area contributed by atoms with E-state index in [0.29, 0.717) is 22.9 Å². The van der Waals surface area contributed by atoms with Crippen LogP contribution in [0.3, 0.4) is 0 Å². The smallest absolute Gasteiger partial charge is 0.247 e. The summed E-state index contributed by atoms with van der Waals surface area (Å²) in [5, 5.41) is 2.81. The summed E-state index contributed by atoms with van der Waals surface area (Å²) in [4.78, 5) is 16.9. The minimum absolute atomic E-state index is 0.139. The van der Waals surface area contributed by atoms with Crippen LogP contribution < -0.4 is 5.32 Å². The molecule has 1 aromatic heterocycles. The van der Waals surface area contributed by atoms with Gasteiger partial charge in [0.2, 0.25) is 5.91 Å². The third-order valence-corrected chi connectivity index (χ3v) is 9.49. The lowest BCUT2D eigenvalue weighted by Gasteiger charge is -2.27. The molecule has 0 fully saturated rings. The van der Waals surface area contributed by atoms with E-state index in [1.54, 1.807) is 6.07 Å². The SMILES string of the molecule is C=CC(=O)Nc1cccc(-c2cnc(C)c(/C(=C\CCC)c3cccc(S(=O)(=O)CCCC(C)C(C)(C)C)c3)c2)c1. The fraction of sp³-hybridized carbons (Fsp3) is 0.371. The van der Waals surface area contributed by atoms with E-state index < -0.39 is 9.84 Å². The molecule has 218 valence electrons. The number of anilines is 1. The Balaban J connectivity index is 1.97. The number of aryl methyl sites for hydroxylation is 1. The molecule has 0 spiro atoms. The van der Waals surface area contributed by atoms with E-state index in [-0.39, 0.29) is 17.1 Å². The maximum Gasteiger partial charge on any atom is 0.247 e. The zero-order valence-electron chi connectivity index (χ0n) is 25.3. The van der Waals surface area contributed by atoms with Gasteiger partial charge < -0.3 is 5.32 Å². The average Bonchev–Trinajstić information content (AvgIpc) is 2.93. The molecule has 0 aliphatic heterocycles. The molecule has 3 rings (SSSR count). The normalized spacial score (nSPS) is 13.1. The highest BCUT2D eigenvalue weighted by atomic mass is 32.2. The Labute approximate surface area is 246 Å². The van der Waals surface area contributed by atoms with Gasteiger partial charge in [-0.25, -0.2) is 8.42 Å². The highest BCUT2D eigenvalue weighted by molar-refractivity contribution is 7.91. The number of aromatic nitrogens is 1. The molecule has 41 heavy (non-hydrogen) atoms. The Bertz CT molecular complexity index is 1510. The van der Waals surface area contributed by atoms with Gasteiger partial charge in [-0.2, -0.15) is 0 Å². The lowest BCUT2D eigenvalue weighted by molar-refractivity contribution is -0.111. The Kier molecular flexibility index (Phi) is 10.9. The van der Waals surface area contributed by atoms with Crippen molar-refractivity contribution in [1.29, 1.82) is 0 Å². The first-order chi connectivity index (χ1) is 19.4. The molecule has 1 N–H and O–H groups in total. The maximum atomic E-state index is 13.4. The van der Waals surface area contributed by atoms with Crippen LogP contribution in [-0.2, 0) is 14.6 Å². The first-order valence-electron chi connectivity index (χ1n) is 14.4. The Morgan fingerprint density at radius 3 is 2.49 bits per heavy atom. The predicted octanol–water partition coefficient (Wildman–Crippen LogP) is 8.65. The Morgan fingerprint density at radius 2 is 1.80 bits per heavy atom. The molecule has 3 aromatic rings. The first kappa shape index (κ1) is 32.0. The fourth-order valence-electron chi connectivity index (χ4n) is 4.59. The zero-order valence-corrected chi connectivity index (χ0v) is 26.1. The maximum absolute atomic E-state index is 13.4. The third kappa shape index (κ3) is 8.74. The van der Waals surface area contributed by atoms with Gasteiger partial charge in [0, 0.05) is 28.7 Å². The van der Waals surface area contributed by atoms with Crippen LogP contribution in [0.4, 0.5) is 5.69 Å². The van der Waals surface area contributed by atoms with Gasteiger partial charge >= 0.3 is 0 Å². The van der Waals surface area contributed by atoms with Crippen molar-refractivity contribution in [2.24, 2.45) is 11.3 Å². The van der Waals surface area contributed by atoms with Gasteiger partial charge in [-0.1, -0.05) is 78.0 Å². The number of rotatable bonds is 12. The van der Waals surface area contributed by atoms with Crippen LogP contribution in [0.1, 0.15) is 77.1 Å². The Hall–Kier alpha value is -3.51.